The van der Waals surface area contributed by atoms with Crippen molar-refractivity contribution < 1.29 is 28.5 Å². The standard InChI is InChI=1S/C47H44N2O6Se/c50-43(31-48-49(39-25-13-4-14-26-39)40-27-15-5-16-28-40)54-46-45(53-34-38-23-11-3-12-24-38)44(55-47(46)56-41-29-17-6-18-30-41)42(52-33-37-21-9-2-10-22-37)35-51-32-36-19-7-1-8-20-36/h1-31,42,44-47H,32-35H2/b48-31+/t42-,44-,45+,46-,47+/m1/s1. The van der Waals surface area contributed by atoms with Crippen LogP contribution in [-0.4, -0.2) is 63.2 Å². The third-order valence-corrected chi connectivity index (χ3v) is 11.5. The molecule has 8 nitrogen and oxygen atoms in total. The van der Waals surface area contributed by atoms with Crippen LogP contribution in [0.25, 0.3) is 0 Å². The van der Waals surface area contributed by atoms with Gasteiger partial charge in [0.15, 0.2) is 0 Å². The van der Waals surface area contributed by atoms with Gasteiger partial charge in [-0.05, 0) is 0 Å². The quantitative estimate of drug-likeness (QED) is 0.0379. The van der Waals surface area contributed by atoms with E-state index >= 15 is 0 Å². The number of para-hydroxylation sites is 2. The molecule has 6 aromatic carbocycles. The van der Waals surface area contributed by atoms with Crippen LogP contribution in [0.1, 0.15) is 16.7 Å². The Morgan fingerprint density at radius 3 is 1.66 bits per heavy atom. The van der Waals surface area contributed by atoms with E-state index in [0.717, 1.165) is 32.5 Å². The molecule has 5 atom stereocenters. The summed E-state index contributed by atoms with van der Waals surface area (Å²) < 4.78 is 34.2. The van der Waals surface area contributed by atoms with Crippen LogP contribution < -0.4 is 9.47 Å². The number of hydrogen-bond donors (Lipinski definition) is 0. The van der Waals surface area contributed by atoms with E-state index in [0.29, 0.717) is 13.2 Å². The van der Waals surface area contributed by atoms with E-state index in [1.165, 1.54) is 6.21 Å². The second-order valence-corrected chi connectivity index (χ2v) is 15.6. The molecule has 0 amide bonds. The van der Waals surface area contributed by atoms with Crippen molar-refractivity contribution in [3.63, 3.8) is 0 Å². The van der Waals surface area contributed by atoms with Crippen LogP contribution in [0.5, 0.6) is 0 Å². The van der Waals surface area contributed by atoms with E-state index in [1.807, 2.05) is 170 Å². The molecular formula is C47H44N2O6Se. The van der Waals surface area contributed by atoms with Crippen LogP contribution >= 0.6 is 0 Å². The Morgan fingerprint density at radius 2 is 1.11 bits per heavy atom. The zero-order chi connectivity index (χ0) is 38.2. The Hall–Kier alpha value is -5.38. The number of ether oxygens (including phenoxy) is 5. The van der Waals surface area contributed by atoms with Gasteiger partial charge in [-0.15, -0.1) is 0 Å². The molecule has 0 unspecified atom stereocenters. The number of rotatable bonds is 18. The van der Waals surface area contributed by atoms with Gasteiger partial charge in [-0.1, -0.05) is 0 Å². The van der Waals surface area contributed by atoms with Gasteiger partial charge in [0.05, 0.1) is 0 Å². The Balaban J connectivity index is 1.19. The van der Waals surface area contributed by atoms with E-state index in [9.17, 15) is 4.79 Å². The summed E-state index contributed by atoms with van der Waals surface area (Å²) in [6.45, 7) is 1.25. The molecule has 284 valence electrons. The molecule has 1 saturated heterocycles. The first kappa shape index (κ1) is 38.9. The van der Waals surface area contributed by atoms with Gasteiger partial charge in [0, 0.05) is 0 Å². The summed E-state index contributed by atoms with van der Waals surface area (Å²) in [5, 5.41) is 5.85. The molecule has 56 heavy (non-hydrogen) atoms. The Morgan fingerprint density at radius 1 is 0.625 bits per heavy atom. The monoisotopic (exact) mass is 812 g/mol. The van der Waals surface area contributed by atoms with Gasteiger partial charge in [-0.2, -0.15) is 0 Å². The van der Waals surface area contributed by atoms with Crippen LogP contribution in [0.3, 0.4) is 0 Å². The van der Waals surface area contributed by atoms with Crippen LogP contribution in [-0.2, 0) is 48.3 Å². The molecule has 0 radical (unpaired) electrons. The molecule has 0 bridgehead atoms. The molecule has 0 aromatic heterocycles. The predicted octanol–water partition coefficient (Wildman–Crippen LogP) is 7.86. The van der Waals surface area contributed by atoms with Gasteiger partial charge < -0.3 is 0 Å². The number of hydrogen-bond acceptors (Lipinski definition) is 8. The van der Waals surface area contributed by atoms with Crippen LogP contribution in [0, 0.1) is 0 Å². The number of esters is 1. The van der Waals surface area contributed by atoms with Crippen molar-refractivity contribution in [2.45, 2.75) is 49.2 Å². The maximum atomic E-state index is 13.9. The number of carbonyl (C=O) groups is 1. The fourth-order valence-corrected chi connectivity index (χ4v) is 8.66. The molecule has 1 fully saturated rings. The Kier molecular flexibility index (Phi) is 14.2. The van der Waals surface area contributed by atoms with Gasteiger partial charge in [0.25, 0.3) is 0 Å². The summed E-state index contributed by atoms with van der Waals surface area (Å²) in [7, 11) is 0. The fourth-order valence-electron chi connectivity index (χ4n) is 6.33. The number of nitrogens with zero attached hydrogens (tertiary/aromatic N) is 2. The minimum atomic E-state index is -0.776. The van der Waals surface area contributed by atoms with E-state index in [4.69, 9.17) is 23.7 Å². The average molecular weight is 812 g/mol. The molecule has 0 aliphatic carbocycles. The Labute approximate surface area is 334 Å². The first-order chi connectivity index (χ1) is 27.7. The van der Waals surface area contributed by atoms with Gasteiger partial charge >= 0.3 is 336 Å². The zero-order valence-corrected chi connectivity index (χ0v) is 32.6. The maximum absolute atomic E-state index is 13.9. The van der Waals surface area contributed by atoms with E-state index < -0.39 is 35.4 Å². The molecular weight excluding hydrogens is 767 g/mol. The average Bonchev–Trinajstić information content (AvgIpc) is 3.58. The molecule has 1 aliphatic rings. The second kappa shape index (κ2) is 20.5. The van der Waals surface area contributed by atoms with Crippen molar-refractivity contribution in [3.05, 3.63) is 199 Å². The number of carbonyl (C=O) groups excluding carboxylic acids is 1. The van der Waals surface area contributed by atoms with Crippen molar-refractivity contribution in [2.24, 2.45) is 5.10 Å². The van der Waals surface area contributed by atoms with Gasteiger partial charge in [0.2, 0.25) is 0 Å². The van der Waals surface area contributed by atoms with Crippen molar-refractivity contribution in [3.8, 4) is 0 Å². The molecule has 7 rings (SSSR count). The van der Waals surface area contributed by atoms with Crippen molar-refractivity contribution in [1.29, 1.82) is 0 Å². The summed E-state index contributed by atoms with van der Waals surface area (Å²) >= 11 is -0.262. The SMILES string of the molecule is O=C(/C=N/N(c1ccccc1)c1ccccc1)O[C@@H]1[C@@H](OCc2ccccc2)[C@@H]([C@@H](COCc2ccccc2)OCc2ccccc2)O[C@H]1[Se]c1ccccc1. The molecule has 1 aliphatic heterocycles. The summed E-state index contributed by atoms with van der Waals surface area (Å²) in [5.41, 5.74) is 4.66. The minimum absolute atomic E-state index is 0.230. The predicted molar refractivity (Wildman–Crippen MR) is 220 cm³/mol. The first-order valence-electron chi connectivity index (χ1n) is 18.6. The molecule has 0 N–H and O–H groups in total. The summed E-state index contributed by atoms with van der Waals surface area (Å²) in [5.74, 6) is -0.611. The molecule has 9 heteroatoms. The van der Waals surface area contributed by atoms with E-state index in [1.54, 1.807) is 5.01 Å². The fraction of sp³-hybridized carbons (Fsp3) is 0.191. The second-order valence-electron chi connectivity index (χ2n) is 13.1. The number of benzene rings is 6. The normalized spacial score (nSPS) is 18.4. The van der Waals surface area contributed by atoms with Crippen molar-refractivity contribution in [1.82, 2.24) is 0 Å². The summed E-state index contributed by atoms with van der Waals surface area (Å²) in [6, 6.07) is 59.5. The van der Waals surface area contributed by atoms with Crippen LogP contribution in [0.2, 0.25) is 0 Å². The van der Waals surface area contributed by atoms with Gasteiger partial charge in [-0.3, -0.25) is 0 Å². The van der Waals surface area contributed by atoms with E-state index in [-0.39, 0.29) is 28.2 Å². The summed E-state index contributed by atoms with van der Waals surface area (Å²) in [4.78, 5) is 13.9. The number of hydrazone groups is 1. The first-order valence-corrected chi connectivity index (χ1v) is 20.5. The molecule has 1 heterocycles. The van der Waals surface area contributed by atoms with Gasteiger partial charge in [0.1, 0.15) is 0 Å². The molecule has 0 spiro atoms. The third kappa shape index (κ3) is 11.1. The topological polar surface area (TPSA) is 78.8 Å². The van der Waals surface area contributed by atoms with Gasteiger partial charge in [-0.25, -0.2) is 0 Å². The number of anilines is 2. The third-order valence-electron chi connectivity index (χ3n) is 9.09. The van der Waals surface area contributed by atoms with Crippen molar-refractivity contribution >= 4 is 43.0 Å². The van der Waals surface area contributed by atoms with Crippen LogP contribution in [0.15, 0.2) is 187 Å². The van der Waals surface area contributed by atoms with Crippen molar-refractivity contribution in [2.75, 3.05) is 11.6 Å². The zero-order valence-electron chi connectivity index (χ0n) is 30.9. The summed E-state index contributed by atoms with van der Waals surface area (Å²) in [6.07, 6.45) is -1.43. The molecule has 0 saturated carbocycles. The Bertz CT molecular complexity index is 2020. The van der Waals surface area contributed by atoms with Crippen LogP contribution in [0.4, 0.5) is 11.4 Å². The molecule has 6 aromatic rings. The van der Waals surface area contributed by atoms with E-state index in [2.05, 4.69) is 17.2 Å².